The molecule has 0 aliphatic carbocycles. The van der Waals surface area contributed by atoms with Crippen molar-refractivity contribution in [3.8, 4) is 5.75 Å². The molecule has 0 saturated heterocycles. The van der Waals surface area contributed by atoms with Crippen LogP contribution in [0.5, 0.6) is 5.75 Å². The Morgan fingerprint density at radius 2 is 1.97 bits per heavy atom. The van der Waals surface area contributed by atoms with Crippen molar-refractivity contribution >= 4 is 39.1 Å². The molecule has 0 spiro atoms. The second-order valence-corrected chi connectivity index (χ2v) is 8.69. The number of amides is 1. The average molecular weight is 474 g/mol. The van der Waals surface area contributed by atoms with Crippen molar-refractivity contribution in [2.75, 3.05) is 12.4 Å². The molecule has 0 aliphatic rings. The lowest BCUT2D eigenvalue weighted by atomic mass is 10.1. The fraction of sp³-hybridized carbons (Fsp3) is 0.130. The van der Waals surface area contributed by atoms with Crippen LogP contribution in [0.2, 0.25) is 0 Å². The number of methoxy groups -OCH3 is 1. The largest absolute Gasteiger partial charge is 0.497 e. The van der Waals surface area contributed by atoms with Crippen molar-refractivity contribution in [2.45, 2.75) is 13.5 Å². The molecule has 0 bridgehead atoms. The monoisotopic (exact) mass is 473 g/mol. The molecule has 1 amide bonds. The van der Waals surface area contributed by atoms with Gasteiger partial charge in [-0.3, -0.25) is 24.7 Å². The SMILES string of the molecule is COc1ccc(Cn2c(=N)c(C(=O)Nc3nnc(C)s3)cc3c(=O)n4ccccc4nc32)cc1. The Labute approximate surface area is 196 Å². The van der Waals surface area contributed by atoms with E-state index in [0.717, 1.165) is 5.56 Å². The highest BCUT2D eigenvalue weighted by Gasteiger charge is 2.19. The number of aryl methyl sites for hydroxylation is 1. The van der Waals surface area contributed by atoms with Crippen molar-refractivity contribution in [1.29, 1.82) is 5.41 Å². The Kier molecular flexibility index (Phi) is 5.38. The number of ether oxygens (including phenoxy) is 1. The van der Waals surface area contributed by atoms with E-state index in [1.54, 1.807) is 43.0 Å². The number of benzene rings is 1. The molecule has 170 valence electrons. The predicted molar refractivity (Wildman–Crippen MR) is 128 cm³/mol. The minimum Gasteiger partial charge on any atom is -0.497 e. The normalized spacial score (nSPS) is 11.1. The van der Waals surface area contributed by atoms with Crippen molar-refractivity contribution < 1.29 is 9.53 Å². The maximum Gasteiger partial charge on any atom is 0.267 e. The summed E-state index contributed by atoms with van der Waals surface area (Å²) in [6, 6.07) is 14.0. The van der Waals surface area contributed by atoms with Crippen molar-refractivity contribution in [3.63, 3.8) is 0 Å². The lowest BCUT2D eigenvalue weighted by Gasteiger charge is -2.15. The van der Waals surface area contributed by atoms with Gasteiger partial charge in [0.1, 0.15) is 27.5 Å². The molecule has 4 aromatic heterocycles. The fourth-order valence-electron chi connectivity index (χ4n) is 3.64. The third-order valence-electron chi connectivity index (χ3n) is 5.31. The highest BCUT2D eigenvalue weighted by Crippen LogP contribution is 2.17. The Balaban J connectivity index is 1.72. The summed E-state index contributed by atoms with van der Waals surface area (Å²) in [5.41, 5.74) is 1.25. The standard InChI is InChI=1S/C23H19N7O3S/c1-13-27-28-23(34-13)26-21(31)16-11-17-20(25-18-5-3-4-10-29(18)22(17)32)30(19(16)24)12-14-6-8-15(33-2)9-7-14/h3-11,24H,12H2,1-2H3,(H,26,28,31). The van der Waals surface area contributed by atoms with Crippen molar-refractivity contribution in [2.24, 2.45) is 0 Å². The molecule has 0 atom stereocenters. The second-order valence-electron chi connectivity index (χ2n) is 7.50. The number of carbonyl (C=O) groups is 1. The molecule has 0 saturated carbocycles. The third-order valence-corrected chi connectivity index (χ3v) is 6.06. The van der Waals surface area contributed by atoms with Crippen LogP contribution in [-0.4, -0.2) is 37.2 Å². The van der Waals surface area contributed by atoms with Crippen LogP contribution in [0.1, 0.15) is 20.9 Å². The highest BCUT2D eigenvalue weighted by atomic mass is 32.1. The van der Waals surface area contributed by atoms with E-state index < -0.39 is 5.91 Å². The maximum atomic E-state index is 13.3. The number of rotatable bonds is 5. The predicted octanol–water partition coefficient (Wildman–Crippen LogP) is 2.60. The molecular formula is C23H19N7O3S. The van der Waals surface area contributed by atoms with E-state index >= 15 is 0 Å². The highest BCUT2D eigenvalue weighted by molar-refractivity contribution is 7.15. The number of hydrogen-bond donors (Lipinski definition) is 2. The van der Waals surface area contributed by atoms with E-state index in [1.807, 2.05) is 24.3 Å². The minimum atomic E-state index is -0.552. The van der Waals surface area contributed by atoms with Gasteiger partial charge in [-0.1, -0.05) is 29.5 Å². The van der Waals surface area contributed by atoms with Crippen molar-refractivity contribution in [1.82, 2.24) is 24.1 Å². The Morgan fingerprint density at radius 1 is 1.18 bits per heavy atom. The molecule has 10 nitrogen and oxygen atoms in total. The van der Waals surface area contributed by atoms with Crippen LogP contribution in [0.15, 0.2) is 59.5 Å². The molecule has 0 aliphatic heterocycles. The van der Waals surface area contributed by atoms with Gasteiger partial charge in [-0.15, -0.1) is 10.2 Å². The number of fused-ring (bicyclic) bond motifs is 2. The first-order valence-electron chi connectivity index (χ1n) is 10.3. The van der Waals surface area contributed by atoms with Gasteiger partial charge in [0, 0.05) is 6.20 Å². The van der Waals surface area contributed by atoms with Gasteiger partial charge < -0.3 is 9.30 Å². The van der Waals surface area contributed by atoms with Gasteiger partial charge >= 0.3 is 0 Å². The molecule has 2 N–H and O–H groups in total. The summed E-state index contributed by atoms with van der Waals surface area (Å²) in [6.07, 6.45) is 1.62. The number of anilines is 1. The van der Waals surface area contributed by atoms with Gasteiger partial charge in [0.25, 0.3) is 11.5 Å². The summed E-state index contributed by atoms with van der Waals surface area (Å²) in [6.45, 7) is 2.01. The zero-order valence-electron chi connectivity index (χ0n) is 18.3. The number of hydrogen-bond acceptors (Lipinski definition) is 8. The average Bonchev–Trinajstić information content (AvgIpc) is 3.25. The first kappa shape index (κ1) is 21.5. The van der Waals surface area contributed by atoms with E-state index in [0.29, 0.717) is 27.2 Å². The summed E-state index contributed by atoms with van der Waals surface area (Å²) in [7, 11) is 1.59. The van der Waals surface area contributed by atoms with Crippen LogP contribution in [0, 0.1) is 12.3 Å². The summed E-state index contributed by atoms with van der Waals surface area (Å²) < 4.78 is 8.20. The van der Waals surface area contributed by atoms with E-state index in [4.69, 9.17) is 10.1 Å². The van der Waals surface area contributed by atoms with Gasteiger partial charge in [-0.05, 0) is 42.8 Å². The van der Waals surface area contributed by atoms with Crippen LogP contribution < -0.4 is 21.1 Å². The molecule has 5 aromatic rings. The molecule has 0 radical (unpaired) electrons. The summed E-state index contributed by atoms with van der Waals surface area (Å²) in [4.78, 5) is 31.0. The molecule has 34 heavy (non-hydrogen) atoms. The summed E-state index contributed by atoms with van der Waals surface area (Å²) in [5, 5.41) is 20.6. The first-order chi connectivity index (χ1) is 16.4. The molecular weight excluding hydrogens is 454 g/mol. The number of carbonyl (C=O) groups excluding carboxylic acids is 1. The van der Waals surface area contributed by atoms with Crippen LogP contribution >= 0.6 is 11.3 Å². The number of nitrogens with one attached hydrogen (secondary N) is 2. The topological polar surface area (TPSA) is 127 Å². The van der Waals surface area contributed by atoms with Crippen LogP contribution in [-0.2, 0) is 6.54 Å². The molecule has 11 heteroatoms. The van der Waals surface area contributed by atoms with Gasteiger partial charge in [-0.25, -0.2) is 4.98 Å². The van der Waals surface area contributed by atoms with Crippen LogP contribution in [0.3, 0.4) is 0 Å². The number of nitrogens with zero attached hydrogens (tertiary/aromatic N) is 5. The van der Waals surface area contributed by atoms with Gasteiger partial charge in [0.2, 0.25) is 5.13 Å². The lowest BCUT2D eigenvalue weighted by molar-refractivity contribution is 0.102. The number of pyridine rings is 2. The fourth-order valence-corrected chi connectivity index (χ4v) is 4.23. The van der Waals surface area contributed by atoms with Gasteiger partial charge in [0.05, 0.1) is 24.6 Å². The van der Waals surface area contributed by atoms with E-state index in [1.165, 1.54) is 21.8 Å². The number of aromatic nitrogens is 5. The quantitative estimate of drug-likeness (QED) is 0.378. The summed E-state index contributed by atoms with van der Waals surface area (Å²) >= 11 is 1.22. The van der Waals surface area contributed by atoms with E-state index in [9.17, 15) is 9.59 Å². The molecule has 0 unspecified atom stereocenters. The van der Waals surface area contributed by atoms with Crippen LogP contribution in [0.4, 0.5) is 5.13 Å². The molecule has 0 fully saturated rings. The Morgan fingerprint density at radius 3 is 2.68 bits per heavy atom. The molecule has 5 rings (SSSR count). The Hall–Kier alpha value is -4.38. The first-order valence-corrected chi connectivity index (χ1v) is 11.1. The third kappa shape index (κ3) is 3.82. The van der Waals surface area contributed by atoms with Gasteiger partial charge in [-0.2, -0.15) is 0 Å². The minimum absolute atomic E-state index is 0.0312. The van der Waals surface area contributed by atoms with Gasteiger partial charge in [0.15, 0.2) is 0 Å². The van der Waals surface area contributed by atoms with E-state index in [2.05, 4.69) is 20.5 Å². The van der Waals surface area contributed by atoms with Crippen molar-refractivity contribution in [3.05, 3.63) is 86.7 Å². The van der Waals surface area contributed by atoms with Crippen LogP contribution in [0.25, 0.3) is 16.7 Å². The smallest absolute Gasteiger partial charge is 0.267 e. The summed E-state index contributed by atoms with van der Waals surface area (Å²) in [5.74, 6) is 0.150. The zero-order chi connectivity index (χ0) is 23.8. The lowest BCUT2D eigenvalue weighted by Crippen LogP contribution is -2.32. The molecule has 1 aromatic carbocycles. The molecule has 4 heterocycles. The Bertz CT molecular complexity index is 1670. The zero-order valence-corrected chi connectivity index (χ0v) is 19.1. The van der Waals surface area contributed by atoms with E-state index in [-0.39, 0.29) is 28.5 Å². The second kappa shape index (κ2) is 8.52. The maximum absolute atomic E-state index is 13.3.